The normalized spacial score (nSPS) is 13.8. The summed E-state index contributed by atoms with van der Waals surface area (Å²) < 4.78 is 0.855. The Hall–Kier alpha value is -4.91. The summed E-state index contributed by atoms with van der Waals surface area (Å²) in [6.45, 7) is 3.40. The minimum absolute atomic E-state index is 0.0162. The molecule has 0 spiro atoms. The number of carboxylic acids is 1. The van der Waals surface area contributed by atoms with Gasteiger partial charge in [0, 0.05) is 20.0 Å². The zero-order valence-electron chi connectivity index (χ0n) is 24.0. The van der Waals surface area contributed by atoms with Gasteiger partial charge in [0.1, 0.15) is 12.1 Å². The van der Waals surface area contributed by atoms with Crippen LogP contribution in [-0.4, -0.2) is 62.5 Å². The van der Waals surface area contributed by atoms with E-state index in [0.717, 1.165) is 10.1 Å². The van der Waals surface area contributed by atoms with Crippen LogP contribution in [0.2, 0.25) is 0 Å². The maximum atomic E-state index is 13.6. The van der Waals surface area contributed by atoms with Crippen molar-refractivity contribution in [1.29, 1.82) is 0 Å². The van der Waals surface area contributed by atoms with E-state index in [9.17, 15) is 38.7 Å². The SMILES string of the molecule is CC(C)C[C@H](N[C@H](CCn1c(=O)c2cc3c(=O)[nH]c(=O)c3cc2c1=O)C(=O)O)C(=O)N(C)[C@@H](Cc1ccccc1)C(N)=O. The van der Waals surface area contributed by atoms with Crippen LogP contribution in [0.1, 0.15) is 32.3 Å². The van der Waals surface area contributed by atoms with E-state index in [0.29, 0.717) is 0 Å². The van der Waals surface area contributed by atoms with Gasteiger partial charge in [0.25, 0.3) is 22.2 Å². The molecule has 13 heteroatoms. The number of H-pyrrole nitrogens is 1. The Morgan fingerprint density at radius 2 is 1.49 bits per heavy atom. The molecular formula is C30H33N5O8. The largest absolute Gasteiger partial charge is 0.480 e. The van der Waals surface area contributed by atoms with E-state index in [-0.39, 0.29) is 53.3 Å². The molecule has 0 unspecified atom stereocenters. The molecule has 13 nitrogen and oxygen atoms in total. The first-order valence-electron chi connectivity index (χ1n) is 13.8. The van der Waals surface area contributed by atoms with Gasteiger partial charge < -0.3 is 15.7 Å². The molecule has 0 aliphatic rings. The van der Waals surface area contributed by atoms with Gasteiger partial charge in [-0.3, -0.25) is 48.4 Å². The number of nitrogens with two attached hydrogens (primary N) is 1. The van der Waals surface area contributed by atoms with Gasteiger partial charge in [-0.25, -0.2) is 0 Å². The Bertz CT molecular complexity index is 1810. The lowest BCUT2D eigenvalue weighted by Crippen LogP contribution is -2.56. The molecule has 4 aromatic rings. The van der Waals surface area contributed by atoms with Crippen molar-refractivity contribution in [3.8, 4) is 0 Å². The van der Waals surface area contributed by atoms with Gasteiger partial charge in [-0.1, -0.05) is 44.2 Å². The monoisotopic (exact) mass is 591 g/mol. The number of likely N-dealkylation sites (N-methyl/N-ethyl adjacent to an activating group) is 1. The second-order valence-electron chi connectivity index (χ2n) is 11.1. The molecule has 2 aromatic heterocycles. The fraction of sp³-hybridized carbons (Fsp3) is 0.367. The van der Waals surface area contributed by atoms with Crippen molar-refractivity contribution in [1.82, 2.24) is 19.8 Å². The first-order valence-corrected chi connectivity index (χ1v) is 13.8. The average Bonchev–Trinajstić information content (AvgIpc) is 3.37. The average molecular weight is 592 g/mol. The van der Waals surface area contributed by atoms with Crippen molar-refractivity contribution in [2.75, 3.05) is 7.05 Å². The zero-order valence-corrected chi connectivity index (χ0v) is 24.0. The number of aromatic nitrogens is 2. The summed E-state index contributed by atoms with van der Waals surface area (Å²) in [7, 11) is 1.44. The summed E-state index contributed by atoms with van der Waals surface area (Å²) in [6.07, 6.45) is 0.165. The maximum Gasteiger partial charge on any atom is 0.320 e. The van der Waals surface area contributed by atoms with E-state index in [2.05, 4.69) is 10.3 Å². The molecule has 0 bridgehead atoms. The number of carbonyl (C=O) groups excluding carboxylic acids is 2. The highest BCUT2D eigenvalue weighted by Crippen LogP contribution is 2.16. The van der Waals surface area contributed by atoms with Gasteiger partial charge in [-0.05, 0) is 36.5 Å². The predicted molar refractivity (Wildman–Crippen MR) is 160 cm³/mol. The number of nitrogens with one attached hydrogen (secondary N) is 2. The van der Waals surface area contributed by atoms with Crippen molar-refractivity contribution < 1.29 is 19.5 Å². The van der Waals surface area contributed by atoms with Crippen LogP contribution in [-0.2, 0) is 27.3 Å². The molecule has 0 saturated carbocycles. The summed E-state index contributed by atoms with van der Waals surface area (Å²) in [5, 5.41) is 12.7. The van der Waals surface area contributed by atoms with Gasteiger partial charge in [-0.2, -0.15) is 0 Å². The summed E-state index contributed by atoms with van der Waals surface area (Å²) in [5.41, 5.74) is 3.63. The first-order chi connectivity index (χ1) is 20.3. The number of carbonyl (C=O) groups is 3. The van der Waals surface area contributed by atoms with Crippen LogP contribution >= 0.6 is 0 Å². The van der Waals surface area contributed by atoms with Crippen LogP contribution in [0.25, 0.3) is 21.5 Å². The van der Waals surface area contributed by atoms with Crippen LogP contribution in [0.3, 0.4) is 0 Å². The third kappa shape index (κ3) is 6.46. The predicted octanol–water partition coefficient (Wildman–Crippen LogP) is -0.158. The second kappa shape index (κ2) is 12.5. The van der Waals surface area contributed by atoms with E-state index in [1.807, 2.05) is 19.9 Å². The number of nitrogens with zero attached hydrogens (tertiary/aromatic N) is 2. The van der Waals surface area contributed by atoms with Crippen molar-refractivity contribution in [2.24, 2.45) is 11.7 Å². The third-order valence-corrected chi connectivity index (χ3v) is 7.59. The number of amides is 2. The van der Waals surface area contributed by atoms with Crippen LogP contribution in [0.5, 0.6) is 0 Å². The Morgan fingerprint density at radius 3 is 1.98 bits per heavy atom. The Kier molecular flexibility index (Phi) is 9.04. The van der Waals surface area contributed by atoms with Gasteiger partial charge in [0.2, 0.25) is 11.8 Å². The van der Waals surface area contributed by atoms with Crippen LogP contribution in [0, 0.1) is 5.92 Å². The number of hydrogen-bond acceptors (Lipinski definition) is 8. The summed E-state index contributed by atoms with van der Waals surface area (Å²) in [4.78, 5) is 91.7. The van der Waals surface area contributed by atoms with Crippen molar-refractivity contribution in [2.45, 2.75) is 57.8 Å². The summed E-state index contributed by atoms with van der Waals surface area (Å²) in [6, 6.07) is 8.06. The van der Waals surface area contributed by atoms with Gasteiger partial charge in [-0.15, -0.1) is 0 Å². The highest BCUT2D eigenvalue weighted by molar-refractivity contribution is 5.97. The van der Waals surface area contributed by atoms with E-state index in [1.165, 1.54) is 24.1 Å². The van der Waals surface area contributed by atoms with Gasteiger partial charge in [0.05, 0.1) is 27.6 Å². The Balaban J connectivity index is 1.57. The van der Waals surface area contributed by atoms with Crippen molar-refractivity contribution in [3.05, 3.63) is 89.4 Å². The van der Waals surface area contributed by atoms with E-state index < -0.39 is 58.1 Å². The molecular weight excluding hydrogens is 558 g/mol. The standard InChI is InChI=1S/C30H33N5O8/c1-15(2)11-22(29(41)34(3)23(24(31)36)12-16-7-5-4-6-8-16)32-21(30(42)43)9-10-35-27(39)19-13-17-18(14-20(19)28(35)40)26(38)33-25(17)37/h4-8,13-15,21-23,32H,9-12H2,1-3H3,(H2,31,36)(H,42,43)(H,33,37,38)/t21-,22+,23+/m1/s1. The van der Waals surface area contributed by atoms with Crippen LogP contribution < -0.4 is 33.3 Å². The lowest BCUT2D eigenvalue weighted by molar-refractivity contribution is -0.143. The number of benzene rings is 2. The van der Waals surface area contributed by atoms with Crippen molar-refractivity contribution >= 4 is 39.3 Å². The lowest BCUT2D eigenvalue weighted by atomic mass is 9.99. The van der Waals surface area contributed by atoms with E-state index >= 15 is 0 Å². The number of rotatable bonds is 13. The van der Waals surface area contributed by atoms with E-state index in [1.54, 1.807) is 24.3 Å². The Morgan fingerprint density at radius 1 is 0.930 bits per heavy atom. The summed E-state index contributed by atoms with van der Waals surface area (Å²) >= 11 is 0. The molecule has 4 rings (SSSR count). The van der Waals surface area contributed by atoms with Gasteiger partial charge >= 0.3 is 5.97 Å². The molecule has 0 aliphatic carbocycles. The minimum Gasteiger partial charge on any atom is -0.480 e. The molecule has 0 saturated heterocycles. The molecule has 0 aliphatic heterocycles. The third-order valence-electron chi connectivity index (χ3n) is 7.59. The lowest BCUT2D eigenvalue weighted by Gasteiger charge is -2.32. The molecule has 5 N–H and O–H groups in total. The van der Waals surface area contributed by atoms with Crippen molar-refractivity contribution in [3.63, 3.8) is 0 Å². The number of aliphatic carboxylic acids is 1. The molecule has 0 fully saturated rings. The molecule has 43 heavy (non-hydrogen) atoms. The van der Waals surface area contributed by atoms with Crippen LogP contribution in [0.4, 0.5) is 0 Å². The van der Waals surface area contributed by atoms with Crippen LogP contribution in [0.15, 0.2) is 61.6 Å². The number of hydrogen-bond donors (Lipinski definition) is 4. The topological polar surface area (TPSA) is 202 Å². The molecule has 3 atom stereocenters. The maximum absolute atomic E-state index is 13.6. The Labute approximate surface area is 244 Å². The quantitative estimate of drug-likeness (QED) is 0.163. The number of primary amides is 1. The molecule has 2 amide bonds. The molecule has 226 valence electrons. The fourth-order valence-corrected chi connectivity index (χ4v) is 5.31. The zero-order chi connectivity index (χ0) is 31.6. The number of fused-ring (bicyclic) bond motifs is 2. The second-order valence-corrected chi connectivity index (χ2v) is 11.1. The first kappa shape index (κ1) is 31.0. The number of aromatic amines is 1. The molecule has 0 radical (unpaired) electrons. The summed E-state index contributed by atoms with van der Waals surface area (Å²) in [5.74, 6) is -2.59. The molecule has 2 aromatic carbocycles. The smallest absolute Gasteiger partial charge is 0.320 e. The fourth-order valence-electron chi connectivity index (χ4n) is 5.31. The minimum atomic E-state index is -1.34. The highest BCUT2D eigenvalue weighted by Gasteiger charge is 2.33. The van der Waals surface area contributed by atoms with E-state index in [4.69, 9.17) is 5.73 Å². The number of carboxylic acid groups (broad SMARTS) is 1. The highest BCUT2D eigenvalue weighted by atomic mass is 16.4. The van der Waals surface area contributed by atoms with Gasteiger partial charge in [0.15, 0.2) is 0 Å². The molecule has 2 heterocycles.